The van der Waals surface area contributed by atoms with Crippen LogP contribution in [0.1, 0.15) is 258 Å². The maximum Gasteiger partial charge on any atom is 0.305 e. The summed E-state index contributed by atoms with van der Waals surface area (Å²) in [6.07, 6.45) is 48.8. The summed E-state index contributed by atoms with van der Waals surface area (Å²) in [5, 5.41) is 23.1. The summed E-state index contributed by atoms with van der Waals surface area (Å²) in [4.78, 5) is 24.4. The molecule has 6 heteroatoms. The monoisotopic (exact) mass is 764 g/mol. The van der Waals surface area contributed by atoms with E-state index in [9.17, 15) is 19.8 Å². The molecule has 0 aromatic heterocycles. The van der Waals surface area contributed by atoms with Gasteiger partial charge >= 0.3 is 5.97 Å². The summed E-state index contributed by atoms with van der Waals surface area (Å²) in [7, 11) is 0. The van der Waals surface area contributed by atoms with Gasteiger partial charge in [-0.3, -0.25) is 9.59 Å². The van der Waals surface area contributed by atoms with E-state index in [-0.39, 0.29) is 18.5 Å². The van der Waals surface area contributed by atoms with Crippen LogP contribution in [0.5, 0.6) is 0 Å². The maximum atomic E-state index is 12.4. The Balaban J connectivity index is 3.48. The number of unbranched alkanes of at least 4 members (excludes halogenated alkanes) is 31. The quantitative estimate of drug-likeness (QED) is 0.0326. The van der Waals surface area contributed by atoms with Crippen LogP contribution in [0.15, 0.2) is 12.2 Å². The van der Waals surface area contributed by atoms with Crippen LogP contribution in [-0.2, 0) is 14.3 Å². The third-order valence-electron chi connectivity index (χ3n) is 11.1. The number of amides is 1. The first-order valence-electron chi connectivity index (χ1n) is 23.9. The van der Waals surface area contributed by atoms with Crippen molar-refractivity contribution < 1.29 is 24.5 Å². The molecule has 1 amide bonds. The van der Waals surface area contributed by atoms with E-state index < -0.39 is 12.1 Å². The minimum atomic E-state index is -0.680. The lowest BCUT2D eigenvalue weighted by Crippen LogP contribution is -2.45. The smallest absolute Gasteiger partial charge is 0.305 e. The Morgan fingerprint density at radius 1 is 0.500 bits per heavy atom. The van der Waals surface area contributed by atoms with E-state index in [1.54, 1.807) is 0 Å². The first-order valence-corrected chi connectivity index (χ1v) is 23.9. The normalized spacial score (nSPS) is 12.7. The summed E-state index contributed by atoms with van der Waals surface area (Å²) in [5.74, 6) is -0.0961. The molecule has 0 rings (SSSR count). The van der Waals surface area contributed by atoms with Crippen LogP contribution in [0.2, 0.25) is 0 Å². The van der Waals surface area contributed by atoms with E-state index in [1.807, 2.05) is 0 Å². The van der Waals surface area contributed by atoms with E-state index in [2.05, 4.69) is 31.3 Å². The fraction of sp³-hybridized carbons (Fsp3) is 0.917. The average Bonchev–Trinajstić information content (AvgIpc) is 3.17. The zero-order chi connectivity index (χ0) is 39.4. The van der Waals surface area contributed by atoms with Crippen molar-refractivity contribution in [1.29, 1.82) is 0 Å². The van der Waals surface area contributed by atoms with E-state index in [0.717, 1.165) is 57.8 Å². The van der Waals surface area contributed by atoms with Crippen LogP contribution in [-0.4, -0.2) is 47.4 Å². The fourth-order valence-electron chi connectivity index (χ4n) is 7.34. The molecule has 320 valence electrons. The number of allylic oxidation sites excluding steroid dienone is 2. The number of hydrogen-bond donors (Lipinski definition) is 3. The second-order valence-corrected chi connectivity index (χ2v) is 16.4. The van der Waals surface area contributed by atoms with Gasteiger partial charge in [-0.1, -0.05) is 206 Å². The Hall–Kier alpha value is -1.40. The molecule has 6 nitrogen and oxygen atoms in total. The van der Waals surface area contributed by atoms with Gasteiger partial charge in [0.1, 0.15) is 0 Å². The van der Waals surface area contributed by atoms with Gasteiger partial charge in [-0.25, -0.2) is 0 Å². The largest absolute Gasteiger partial charge is 0.466 e. The van der Waals surface area contributed by atoms with Crippen LogP contribution in [0.3, 0.4) is 0 Å². The number of carbonyl (C=O) groups excluding carboxylic acids is 2. The minimum Gasteiger partial charge on any atom is -0.466 e. The Labute approximate surface area is 336 Å². The molecule has 0 aromatic carbocycles. The van der Waals surface area contributed by atoms with Crippen molar-refractivity contribution in [2.45, 2.75) is 270 Å². The fourth-order valence-corrected chi connectivity index (χ4v) is 7.34. The second kappa shape index (κ2) is 44.3. The Morgan fingerprint density at radius 3 is 1.31 bits per heavy atom. The van der Waals surface area contributed by atoms with Crippen molar-refractivity contribution >= 4 is 11.9 Å². The minimum absolute atomic E-state index is 0.0325. The molecule has 2 unspecified atom stereocenters. The number of nitrogens with one attached hydrogen (secondary N) is 1. The third-order valence-corrected chi connectivity index (χ3v) is 11.1. The highest BCUT2D eigenvalue weighted by Crippen LogP contribution is 2.16. The number of aliphatic hydroxyl groups excluding tert-OH is 2. The lowest BCUT2D eigenvalue weighted by molar-refractivity contribution is -0.143. The van der Waals surface area contributed by atoms with Crippen molar-refractivity contribution in [3.05, 3.63) is 12.2 Å². The van der Waals surface area contributed by atoms with Crippen molar-refractivity contribution in [2.75, 3.05) is 13.2 Å². The van der Waals surface area contributed by atoms with E-state index >= 15 is 0 Å². The molecule has 0 aliphatic carbocycles. The molecule has 0 aliphatic heterocycles. The van der Waals surface area contributed by atoms with Crippen molar-refractivity contribution in [1.82, 2.24) is 5.32 Å². The number of aliphatic hydroxyl groups is 2. The molecule has 2 atom stereocenters. The van der Waals surface area contributed by atoms with Crippen molar-refractivity contribution in [3.8, 4) is 0 Å². The Morgan fingerprint density at radius 2 is 0.870 bits per heavy atom. The number of rotatable bonds is 44. The summed E-state index contributed by atoms with van der Waals surface area (Å²) in [5.41, 5.74) is 0. The van der Waals surface area contributed by atoms with Crippen LogP contribution in [0, 0.1) is 0 Å². The summed E-state index contributed by atoms with van der Waals surface area (Å²) in [6.45, 7) is 4.87. The molecule has 0 radical (unpaired) electrons. The Bertz CT molecular complexity index is 802. The number of hydrogen-bond acceptors (Lipinski definition) is 5. The van der Waals surface area contributed by atoms with Gasteiger partial charge in [0.05, 0.1) is 25.4 Å². The van der Waals surface area contributed by atoms with E-state index in [0.29, 0.717) is 25.9 Å². The highest BCUT2D eigenvalue weighted by molar-refractivity contribution is 5.76. The van der Waals surface area contributed by atoms with Crippen molar-refractivity contribution in [2.24, 2.45) is 0 Å². The molecule has 0 spiro atoms. The van der Waals surface area contributed by atoms with Crippen LogP contribution in [0.25, 0.3) is 0 Å². The summed E-state index contributed by atoms with van der Waals surface area (Å²) < 4.78 is 5.44. The summed E-state index contributed by atoms with van der Waals surface area (Å²) >= 11 is 0. The molecule has 3 N–H and O–H groups in total. The molecule has 0 aliphatic rings. The predicted octanol–water partition coefficient (Wildman–Crippen LogP) is 13.8. The van der Waals surface area contributed by atoms with Crippen LogP contribution in [0.4, 0.5) is 0 Å². The topological polar surface area (TPSA) is 95.9 Å². The van der Waals surface area contributed by atoms with Crippen LogP contribution >= 0.6 is 0 Å². The van der Waals surface area contributed by atoms with Gasteiger partial charge in [-0.2, -0.15) is 0 Å². The molecule has 0 bridgehead atoms. The predicted molar refractivity (Wildman–Crippen MR) is 232 cm³/mol. The highest BCUT2D eigenvalue weighted by Gasteiger charge is 2.20. The SMILES string of the molecule is CCCCCCCCC/C=C\CCCCCCCC(=O)OCCCCCCCCCCCC(=O)NC(CO)C(O)CCCCCCCCCCCCCC. The molecule has 54 heavy (non-hydrogen) atoms. The number of ether oxygens (including phenoxy) is 1. The van der Waals surface area contributed by atoms with Crippen LogP contribution < -0.4 is 5.32 Å². The lowest BCUT2D eigenvalue weighted by Gasteiger charge is -2.22. The molecule has 0 saturated heterocycles. The van der Waals surface area contributed by atoms with Crippen molar-refractivity contribution in [3.63, 3.8) is 0 Å². The van der Waals surface area contributed by atoms with Gasteiger partial charge in [0, 0.05) is 12.8 Å². The number of carbonyl (C=O) groups is 2. The maximum absolute atomic E-state index is 12.4. The van der Waals surface area contributed by atoms with Gasteiger partial charge in [-0.15, -0.1) is 0 Å². The molecule has 0 heterocycles. The lowest BCUT2D eigenvalue weighted by atomic mass is 10.0. The van der Waals surface area contributed by atoms with E-state index in [4.69, 9.17) is 4.74 Å². The second-order valence-electron chi connectivity index (χ2n) is 16.4. The van der Waals surface area contributed by atoms with Gasteiger partial charge in [0.25, 0.3) is 0 Å². The molecule has 0 fully saturated rings. The molecular weight excluding hydrogens is 671 g/mol. The average molecular weight is 764 g/mol. The zero-order valence-electron chi connectivity index (χ0n) is 36.2. The molecular formula is C48H93NO5. The molecule has 0 aromatic rings. The molecule has 0 saturated carbocycles. The van der Waals surface area contributed by atoms with Gasteiger partial charge in [0.15, 0.2) is 0 Å². The number of esters is 1. The zero-order valence-corrected chi connectivity index (χ0v) is 36.2. The standard InChI is InChI=1S/C48H93NO5/c1-3-5-7-9-11-13-15-17-18-19-20-22-26-30-34-38-42-48(53)54-43-39-35-31-27-23-25-29-33-37-41-47(52)49-45(44-50)46(51)40-36-32-28-24-21-16-14-12-10-8-6-4-2/h18-19,45-46,50-51H,3-17,20-44H2,1-2H3,(H,49,52)/b19-18-. The first kappa shape index (κ1) is 52.6. The Kier molecular flexibility index (Phi) is 43.2. The summed E-state index contributed by atoms with van der Waals surface area (Å²) in [6, 6.07) is -0.560. The van der Waals surface area contributed by atoms with Gasteiger partial charge in [-0.05, 0) is 51.4 Å². The van der Waals surface area contributed by atoms with Gasteiger partial charge < -0.3 is 20.3 Å². The highest BCUT2D eigenvalue weighted by atomic mass is 16.5. The van der Waals surface area contributed by atoms with Gasteiger partial charge in [0.2, 0.25) is 5.91 Å². The van der Waals surface area contributed by atoms with E-state index in [1.165, 1.54) is 167 Å². The third kappa shape index (κ3) is 40.3. The first-order chi connectivity index (χ1) is 26.5.